The normalized spacial score (nSPS) is 11.5. The summed E-state index contributed by atoms with van der Waals surface area (Å²) in [4.78, 5) is 32.3. The lowest BCUT2D eigenvalue weighted by Crippen LogP contribution is -2.38. The number of benzene rings is 1. The van der Waals surface area contributed by atoms with Crippen molar-refractivity contribution in [3.8, 4) is 5.75 Å². The molecular weight excluding hydrogens is 370 g/mol. The number of rotatable bonds is 8. The van der Waals surface area contributed by atoms with Crippen molar-refractivity contribution in [1.82, 2.24) is 23.6 Å². The Labute approximate surface area is 170 Å². The summed E-state index contributed by atoms with van der Waals surface area (Å²) in [6.45, 7) is 7.56. The van der Waals surface area contributed by atoms with Gasteiger partial charge in [0.2, 0.25) is 0 Å². The summed E-state index contributed by atoms with van der Waals surface area (Å²) in [5.74, 6) is 1.57. The molecule has 0 amide bonds. The molecule has 3 aromatic rings. The summed E-state index contributed by atoms with van der Waals surface area (Å²) in [7, 11) is 4.80. The Morgan fingerprint density at radius 1 is 1.03 bits per heavy atom. The van der Waals surface area contributed by atoms with Gasteiger partial charge in [-0.15, -0.1) is 0 Å². The Hall–Kier alpha value is -2.87. The quantitative estimate of drug-likeness (QED) is 0.572. The lowest BCUT2D eigenvalue weighted by Gasteiger charge is -2.19. The lowest BCUT2D eigenvalue weighted by atomic mass is 10.1. The Balaban J connectivity index is 2.12. The highest BCUT2D eigenvalue weighted by atomic mass is 16.5. The molecule has 0 radical (unpaired) electrons. The van der Waals surface area contributed by atoms with E-state index in [1.807, 2.05) is 28.8 Å². The van der Waals surface area contributed by atoms with E-state index in [0.717, 1.165) is 41.3 Å². The van der Waals surface area contributed by atoms with Gasteiger partial charge >= 0.3 is 5.69 Å². The summed E-state index contributed by atoms with van der Waals surface area (Å²) in [5.41, 5.74) is 1.29. The van der Waals surface area contributed by atoms with Gasteiger partial charge in [-0.1, -0.05) is 26.0 Å². The second kappa shape index (κ2) is 8.65. The number of imidazole rings is 1. The van der Waals surface area contributed by atoms with Crippen LogP contribution in [0.3, 0.4) is 0 Å². The molecule has 0 aliphatic heterocycles. The smallest absolute Gasteiger partial charge is 0.332 e. The maximum absolute atomic E-state index is 12.9. The molecule has 1 aromatic carbocycles. The van der Waals surface area contributed by atoms with Gasteiger partial charge in [-0.3, -0.25) is 13.9 Å². The fraction of sp³-hybridized carbons (Fsp3) is 0.476. The maximum Gasteiger partial charge on any atom is 0.332 e. The van der Waals surface area contributed by atoms with Crippen molar-refractivity contribution in [2.75, 3.05) is 26.7 Å². The molecule has 2 heterocycles. The molecule has 8 heteroatoms. The van der Waals surface area contributed by atoms with Gasteiger partial charge in [0.15, 0.2) is 11.2 Å². The van der Waals surface area contributed by atoms with Crippen molar-refractivity contribution in [1.29, 1.82) is 0 Å². The Bertz CT molecular complexity index is 1100. The van der Waals surface area contributed by atoms with Gasteiger partial charge in [0.05, 0.1) is 7.11 Å². The van der Waals surface area contributed by atoms with Crippen molar-refractivity contribution in [2.24, 2.45) is 14.1 Å². The number of aryl methyl sites for hydroxylation is 1. The molecule has 0 bridgehead atoms. The van der Waals surface area contributed by atoms with Crippen molar-refractivity contribution in [3.63, 3.8) is 0 Å². The molecule has 0 unspecified atom stereocenters. The monoisotopic (exact) mass is 399 g/mol. The summed E-state index contributed by atoms with van der Waals surface area (Å²) < 4.78 is 9.80. The predicted octanol–water partition coefficient (Wildman–Crippen LogP) is 1.37. The number of nitrogens with zero attached hydrogens (tertiary/aromatic N) is 5. The van der Waals surface area contributed by atoms with Gasteiger partial charge in [-0.05, 0) is 30.8 Å². The summed E-state index contributed by atoms with van der Waals surface area (Å²) in [6.07, 6.45) is 0.564. The van der Waals surface area contributed by atoms with Crippen LogP contribution in [-0.4, -0.2) is 50.3 Å². The van der Waals surface area contributed by atoms with Crippen LogP contribution >= 0.6 is 0 Å². The third kappa shape index (κ3) is 3.98. The molecule has 0 aliphatic carbocycles. The number of ether oxygens (including phenoxy) is 1. The van der Waals surface area contributed by atoms with Gasteiger partial charge in [-0.25, -0.2) is 9.78 Å². The average molecular weight is 399 g/mol. The zero-order valence-corrected chi connectivity index (χ0v) is 17.8. The third-order valence-corrected chi connectivity index (χ3v) is 5.48. The van der Waals surface area contributed by atoms with Crippen molar-refractivity contribution in [3.05, 3.63) is 56.5 Å². The first-order valence-corrected chi connectivity index (χ1v) is 9.91. The number of fused-ring (bicyclic) bond motifs is 1. The molecular formula is C21H29N5O3. The number of aromatic nitrogens is 4. The van der Waals surface area contributed by atoms with Crippen LogP contribution < -0.4 is 16.0 Å². The van der Waals surface area contributed by atoms with Crippen LogP contribution in [0.15, 0.2) is 33.9 Å². The predicted molar refractivity (Wildman–Crippen MR) is 114 cm³/mol. The standard InChI is InChI=1S/C21H29N5O3/c1-6-25(7-2)12-13-26-17(14-15-8-10-16(29-5)11-9-15)22-19-18(26)20(27)24(4)21(28)23(19)3/h8-11H,6-7,12-14H2,1-5H3. The van der Waals surface area contributed by atoms with Crippen molar-refractivity contribution >= 4 is 11.2 Å². The molecule has 0 fully saturated rings. The van der Waals surface area contributed by atoms with E-state index < -0.39 is 0 Å². The second-order valence-electron chi connectivity index (χ2n) is 7.11. The van der Waals surface area contributed by atoms with Crippen LogP contribution in [0.2, 0.25) is 0 Å². The molecule has 3 rings (SSSR count). The van der Waals surface area contributed by atoms with E-state index in [-0.39, 0.29) is 11.2 Å². The summed E-state index contributed by atoms with van der Waals surface area (Å²) >= 11 is 0. The minimum absolute atomic E-state index is 0.309. The average Bonchev–Trinajstić information content (AvgIpc) is 3.10. The topological polar surface area (TPSA) is 74.3 Å². The second-order valence-corrected chi connectivity index (χ2v) is 7.11. The number of likely N-dealkylation sites (N-methyl/N-ethyl adjacent to an activating group) is 1. The fourth-order valence-corrected chi connectivity index (χ4v) is 3.57. The molecule has 29 heavy (non-hydrogen) atoms. The van der Waals surface area contributed by atoms with Gasteiger partial charge in [0.25, 0.3) is 5.56 Å². The molecule has 156 valence electrons. The maximum atomic E-state index is 12.9. The molecule has 0 N–H and O–H groups in total. The van der Waals surface area contributed by atoms with E-state index in [1.54, 1.807) is 14.2 Å². The van der Waals surface area contributed by atoms with E-state index in [0.29, 0.717) is 24.1 Å². The Morgan fingerprint density at radius 2 is 1.69 bits per heavy atom. The van der Waals surface area contributed by atoms with Gasteiger partial charge in [0.1, 0.15) is 11.6 Å². The number of hydrogen-bond donors (Lipinski definition) is 0. The van der Waals surface area contributed by atoms with Crippen molar-refractivity contribution < 1.29 is 4.74 Å². The highest BCUT2D eigenvalue weighted by Crippen LogP contribution is 2.18. The van der Waals surface area contributed by atoms with Gasteiger partial charge < -0.3 is 14.2 Å². The van der Waals surface area contributed by atoms with Crippen molar-refractivity contribution in [2.45, 2.75) is 26.8 Å². The molecule has 8 nitrogen and oxygen atoms in total. The molecule has 0 spiro atoms. The highest BCUT2D eigenvalue weighted by Gasteiger charge is 2.19. The Morgan fingerprint density at radius 3 is 2.28 bits per heavy atom. The minimum atomic E-state index is -0.369. The lowest BCUT2D eigenvalue weighted by molar-refractivity contribution is 0.290. The van der Waals surface area contributed by atoms with Gasteiger partial charge in [-0.2, -0.15) is 0 Å². The molecule has 0 atom stereocenters. The van der Waals surface area contributed by atoms with Crippen LogP contribution in [0, 0.1) is 0 Å². The SMILES string of the molecule is CCN(CC)CCn1c(Cc2ccc(OC)cc2)nc2c1c(=O)n(C)c(=O)n2C. The first kappa shape index (κ1) is 20.9. The first-order valence-electron chi connectivity index (χ1n) is 9.91. The van der Waals surface area contributed by atoms with Crippen LogP contribution in [0.5, 0.6) is 5.75 Å². The van der Waals surface area contributed by atoms with Crippen LogP contribution in [0.25, 0.3) is 11.2 Å². The molecule has 0 aliphatic rings. The minimum Gasteiger partial charge on any atom is -0.497 e. The molecule has 2 aromatic heterocycles. The van der Waals surface area contributed by atoms with Crippen LogP contribution in [0.4, 0.5) is 0 Å². The van der Waals surface area contributed by atoms with E-state index >= 15 is 0 Å². The highest BCUT2D eigenvalue weighted by molar-refractivity contribution is 5.71. The van der Waals surface area contributed by atoms with E-state index in [9.17, 15) is 9.59 Å². The first-order chi connectivity index (χ1) is 13.9. The zero-order valence-electron chi connectivity index (χ0n) is 17.8. The number of methoxy groups -OCH3 is 1. The summed E-state index contributed by atoms with van der Waals surface area (Å²) in [5, 5.41) is 0. The van der Waals surface area contributed by atoms with E-state index in [4.69, 9.17) is 9.72 Å². The fourth-order valence-electron chi connectivity index (χ4n) is 3.57. The van der Waals surface area contributed by atoms with E-state index in [1.165, 1.54) is 11.6 Å². The van der Waals surface area contributed by atoms with Gasteiger partial charge in [0, 0.05) is 33.6 Å². The largest absolute Gasteiger partial charge is 0.497 e. The third-order valence-electron chi connectivity index (χ3n) is 5.48. The summed E-state index contributed by atoms with van der Waals surface area (Å²) in [6, 6.07) is 7.80. The molecule has 0 saturated carbocycles. The Kier molecular flexibility index (Phi) is 6.22. The number of hydrogen-bond acceptors (Lipinski definition) is 5. The zero-order chi connectivity index (χ0) is 21.1. The van der Waals surface area contributed by atoms with E-state index in [2.05, 4.69) is 18.7 Å². The van der Waals surface area contributed by atoms with Crippen LogP contribution in [0.1, 0.15) is 25.2 Å². The van der Waals surface area contributed by atoms with Crippen LogP contribution in [-0.2, 0) is 27.1 Å². The molecule has 0 saturated heterocycles.